The van der Waals surface area contributed by atoms with Crippen molar-refractivity contribution in [1.82, 2.24) is 24.5 Å². The zero-order valence-corrected chi connectivity index (χ0v) is 17.4. The number of H-pyrrole nitrogens is 1. The van der Waals surface area contributed by atoms with E-state index in [2.05, 4.69) is 25.3 Å². The largest absolute Gasteiger partial charge is 0.368 e. The maximum Gasteiger partial charge on any atom is 0.263 e. The summed E-state index contributed by atoms with van der Waals surface area (Å²) in [6.07, 6.45) is 1.52. The molecule has 0 spiro atoms. The fourth-order valence-corrected chi connectivity index (χ4v) is 3.92. The second-order valence-corrected chi connectivity index (χ2v) is 7.62. The molecule has 0 amide bonds. The van der Waals surface area contributed by atoms with Crippen LogP contribution < -0.4 is 16.6 Å². The van der Waals surface area contributed by atoms with Gasteiger partial charge in [-0.25, -0.2) is 9.37 Å². The van der Waals surface area contributed by atoms with Crippen molar-refractivity contribution in [2.45, 2.75) is 19.9 Å². The number of imidazole rings is 1. The minimum absolute atomic E-state index is 0.0988. The van der Waals surface area contributed by atoms with Crippen molar-refractivity contribution in [2.24, 2.45) is 0 Å². The van der Waals surface area contributed by atoms with E-state index in [1.807, 2.05) is 44.2 Å². The molecule has 8 nitrogen and oxygen atoms in total. The molecule has 3 aromatic heterocycles. The predicted octanol–water partition coefficient (Wildman–Crippen LogP) is 3.86. The third kappa shape index (κ3) is 3.24. The van der Waals surface area contributed by atoms with Crippen LogP contribution in [0.4, 0.5) is 16.2 Å². The van der Waals surface area contributed by atoms with Gasteiger partial charge in [-0.2, -0.15) is 9.97 Å². The summed E-state index contributed by atoms with van der Waals surface area (Å²) in [5.41, 5.74) is 8.93. The molecule has 5 rings (SSSR count). The predicted molar refractivity (Wildman–Crippen MR) is 122 cm³/mol. The topological polar surface area (TPSA) is 115 Å². The Morgan fingerprint density at radius 1 is 1.16 bits per heavy atom. The minimum Gasteiger partial charge on any atom is -0.368 e. The van der Waals surface area contributed by atoms with Crippen LogP contribution in [0.3, 0.4) is 0 Å². The Hall–Kier alpha value is -4.27. The van der Waals surface area contributed by atoms with E-state index in [9.17, 15) is 9.18 Å². The molecule has 0 aliphatic rings. The Bertz CT molecular complexity index is 1540. The lowest BCUT2D eigenvalue weighted by atomic mass is 10.1. The molecule has 160 valence electrons. The van der Waals surface area contributed by atoms with Crippen LogP contribution >= 0.6 is 0 Å². The highest BCUT2D eigenvalue weighted by molar-refractivity contribution is 5.85. The van der Waals surface area contributed by atoms with E-state index in [1.165, 1.54) is 18.5 Å². The zero-order valence-electron chi connectivity index (χ0n) is 17.4. The van der Waals surface area contributed by atoms with Gasteiger partial charge in [0.2, 0.25) is 5.95 Å². The summed E-state index contributed by atoms with van der Waals surface area (Å²) in [5.74, 6) is 0.0909. The Balaban J connectivity index is 1.73. The number of aromatic nitrogens is 5. The van der Waals surface area contributed by atoms with E-state index in [4.69, 9.17) is 5.73 Å². The van der Waals surface area contributed by atoms with Gasteiger partial charge in [-0.05, 0) is 49.1 Å². The highest BCUT2D eigenvalue weighted by atomic mass is 19.1. The standard InChI is InChI=1S/C23H20FN7O/c1-12-5-3-4-6-17(12)31-18(9-14-7-8-15(24)10-16(14)22(31)32)13(2)28-21-19-20(27-11-26-19)29-23(25)30-21/h3-11,13H,1-2H3,(H4,25,26,27,28,29,30)/t13-/m0/s1. The number of fused-ring (bicyclic) bond motifs is 2. The first-order valence-corrected chi connectivity index (χ1v) is 10.1. The lowest BCUT2D eigenvalue weighted by molar-refractivity contribution is 0.629. The number of aromatic amines is 1. The molecule has 0 fully saturated rings. The number of nitrogens with zero attached hydrogens (tertiary/aromatic N) is 4. The second-order valence-electron chi connectivity index (χ2n) is 7.62. The summed E-state index contributed by atoms with van der Waals surface area (Å²) in [5, 5.41) is 4.27. The summed E-state index contributed by atoms with van der Waals surface area (Å²) in [6.45, 7) is 3.84. The molecule has 0 radical (unpaired) electrons. The van der Waals surface area contributed by atoms with Gasteiger partial charge in [0.1, 0.15) is 11.3 Å². The molecular formula is C23H20FN7O. The van der Waals surface area contributed by atoms with E-state index in [0.29, 0.717) is 33.4 Å². The van der Waals surface area contributed by atoms with Gasteiger partial charge in [-0.3, -0.25) is 9.36 Å². The first-order chi connectivity index (χ1) is 15.4. The monoisotopic (exact) mass is 429 g/mol. The Kier molecular flexibility index (Phi) is 4.58. The first-order valence-electron chi connectivity index (χ1n) is 10.1. The Morgan fingerprint density at radius 2 is 1.97 bits per heavy atom. The summed E-state index contributed by atoms with van der Waals surface area (Å²) >= 11 is 0. The van der Waals surface area contributed by atoms with Gasteiger partial charge in [0.05, 0.1) is 23.4 Å². The normalized spacial score (nSPS) is 12.3. The van der Waals surface area contributed by atoms with E-state index < -0.39 is 5.82 Å². The minimum atomic E-state index is -0.456. The SMILES string of the molecule is Cc1ccccc1-n1c([C@H](C)Nc2nc(N)nc3[nH]cnc23)cc2ccc(F)cc2c1=O. The van der Waals surface area contributed by atoms with Crippen LogP contribution in [-0.4, -0.2) is 24.5 Å². The third-order valence-corrected chi connectivity index (χ3v) is 5.46. The average molecular weight is 429 g/mol. The van der Waals surface area contributed by atoms with Gasteiger partial charge in [0, 0.05) is 5.69 Å². The quantitative estimate of drug-likeness (QED) is 0.400. The number of hydrogen-bond donors (Lipinski definition) is 3. The van der Waals surface area contributed by atoms with Crippen molar-refractivity contribution < 1.29 is 4.39 Å². The summed E-state index contributed by atoms with van der Waals surface area (Å²) in [4.78, 5) is 29.2. The van der Waals surface area contributed by atoms with Crippen molar-refractivity contribution in [2.75, 3.05) is 11.1 Å². The van der Waals surface area contributed by atoms with Gasteiger partial charge in [0.15, 0.2) is 11.5 Å². The van der Waals surface area contributed by atoms with Crippen LogP contribution in [0.15, 0.2) is 59.7 Å². The number of nitrogen functional groups attached to an aromatic ring is 1. The van der Waals surface area contributed by atoms with Crippen LogP contribution in [0.25, 0.3) is 27.6 Å². The van der Waals surface area contributed by atoms with Gasteiger partial charge in [-0.15, -0.1) is 0 Å². The van der Waals surface area contributed by atoms with Crippen LogP contribution in [0.1, 0.15) is 24.2 Å². The van der Waals surface area contributed by atoms with Crippen LogP contribution in [0, 0.1) is 12.7 Å². The maximum absolute atomic E-state index is 13.9. The van der Waals surface area contributed by atoms with Crippen LogP contribution in [-0.2, 0) is 0 Å². The maximum atomic E-state index is 13.9. The van der Waals surface area contributed by atoms with Crippen molar-refractivity contribution >= 4 is 33.7 Å². The third-order valence-electron chi connectivity index (χ3n) is 5.46. The van der Waals surface area contributed by atoms with E-state index in [0.717, 1.165) is 11.3 Å². The molecular weight excluding hydrogens is 409 g/mol. The number of nitrogens with two attached hydrogens (primary N) is 1. The molecule has 5 aromatic rings. The van der Waals surface area contributed by atoms with Gasteiger partial charge in [-0.1, -0.05) is 24.3 Å². The zero-order chi connectivity index (χ0) is 22.4. The van der Waals surface area contributed by atoms with Crippen molar-refractivity contribution in [3.63, 3.8) is 0 Å². The molecule has 2 aromatic carbocycles. The molecule has 9 heteroatoms. The molecule has 0 aliphatic carbocycles. The molecule has 0 aliphatic heterocycles. The Morgan fingerprint density at radius 3 is 2.78 bits per heavy atom. The van der Waals surface area contributed by atoms with Gasteiger partial charge < -0.3 is 16.0 Å². The number of benzene rings is 2. The lowest BCUT2D eigenvalue weighted by Crippen LogP contribution is -2.26. The summed E-state index contributed by atoms with van der Waals surface area (Å²) < 4.78 is 15.5. The fraction of sp³-hybridized carbons (Fsp3) is 0.130. The van der Waals surface area contributed by atoms with Crippen molar-refractivity contribution in [3.05, 3.63) is 82.3 Å². The molecule has 1 atom stereocenters. The highest BCUT2D eigenvalue weighted by Gasteiger charge is 2.20. The number of halogens is 1. The van der Waals surface area contributed by atoms with E-state index >= 15 is 0 Å². The molecule has 3 heterocycles. The van der Waals surface area contributed by atoms with Gasteiger partial charge in [0.25, 0.3) is 5.56 Å². The number of pyridine rings is 1. The van der Waals surface area contributed by atoms with Crippen molar-refractivity contribution in [3.8, 4) is 5.69 Å². The molecule has 32 heavy (non-hydrogen) atoms. The number of para-hydroxylation sites is 1. The Labute approximate surface area is 182 Å². The van der Waals surface area contributed by atoms with Crippen LogP contribution in [0.5, 0.6) is 0 Å². The van der Waals surface area contributed by atoms with E-state index in [1.54, 1.807) is 10.6 Å². The molecule has 0 saturated heterocycles. The van der Waals surface area contributed by atoms with E-state index in [-0.39, 0.29) is 17.5 Å². The summed E-state index contributed by atoms with van der Waals surface area (Å²) in [6, 6.07) is 13.3. The number of rotatable bonds is 4. The molecule has 0 saturated carbocycles. The van der Waals surface area contributed by atoms with Crippen LogP contribution in [0.2, 0.25) is 0 Å². The number of aryl methyl sites for hydroxylation is 1. The second kappa shape index (κ2) is 7.45. The number of hydrogen-bond acceptors (Lipinski definition) is 6. The molecule has 0 bridgehead atoms. The first kappa shape index (κ1) is 19.7. The highest BCUT2D eigenvalue weighted by Crippen LogP contribution is 2.27. The molecule has 0 unspecified atom stereocenters. The molecule has 4 N–H and O–H groups in total. The fourth-order valence-electron chi connectivity index (χ4n) is 3.92. The average Bonchev–Trinajstić information content (AvgIpc) is 3.23. The smallest absolute Gasteiger partial charge is 0.263 e. The lowest BCUT2D eigenvalue weighted by Gasteiger charge is -2.22. The number of anilines is 2. The van der Waals surface area contributed by atoms with Gasteiger partial charge >= 0.3 is 0 Å². The number of nitrogens with one attached hydrogen (secondary N) is 2. The van der Waals surface area contributed by atoms with Crippen molar-refractivity contribution in [1.29, 1.82) is 0 Å². The summed E-state index contributed by atoms with van der Waals surface area (Å²) in [7, 11) is 0.